The van der Waals surface area contributed by atoms with Crippen molar-refractivity contribution < 1.29 is 29.4 Å². The van der Waals surface area contributed by atoms with Gasteiger partial charge in [0.25, 0.3) is 0 Å². The molecule has 0 aromatic carbocycles. The van der Waals surface area contributed by atoms with Crippen LogP contribution in [0.5, 0.6) is 0 Å². The molecule has 0 bridgehead atoms. The molecule has 0 radical (unpaired) electrons. The van der Waals surface area contributed by atoms with Crippen molar-refractivity contribution in [1.82, 2.24) is 15.5 Å². The SMILES string of the molecule is CC(O)C(N)C(=O)NC(CCCCN)C(=O)N1CCCC1C(=O)NCC(=O)O. The Balaban J connectivity index is 2.85. The Labute approximate surface area is 163 Å². The number of hydrogen-bond donors (Lipinski definition) is 6. The molecule has 0 saturated carbocycles. The number of carbonyl (C=O) groups is 4. The Kier molecular flexibility index (Phi) is 9.83. The minimum Gasteiger partial charge on any atom is -0.480 e. The van der Waals surface area contributed by atoms with Crippen LogP contribution >= 0.6 is 0 Å². The number of aliphatic carboxylic acids is 1. The van der Waals surface area contributed by atoms with Crippen molar-refractivity contribution in [3.05, 3.63) is 0 Å². The van der Waals surface area contributed by atoms with Gasteiger partial charge in [0.2, 0.25) is 17.7 Å². The van der Waals surface area contributed by atoms with Gasteiger partial charge in [-0.25, -0.2) is 0 Å². The number of nitrogens with two attached hydrogens (primary N) is 2. The lowest BCUT2D eigenvalue weighted by Crippen LogP contribution is -2.57. The van der Waals surface area contributed by atoms with E-state index in [1.807, 2.05) is 0 Å². The van der Waals surface area contributed by atoms with Crippen LogP contribution in [0.3, 0.4) is 0 Å². The van der Waals surface area contributed by atoms with Gasteiger partial charge in [-0.05, 0) is 45.6 Å². The van der Waals surface area contributed by atoms with Gasteiger partial charge < -0.3 is 37.2 Å². The van der Waals surface area contributed by atoms with Gasteiger partial charge >= 0.3 is 5.97 Å². The molecule has 4 unspecified atom stereocenters. The zero-order valence-electron chi connectivity index (χ0n) is 16.1. The van der Waals surface area contributed by atoms with Crippen molar-refractivity contribution in [3.8, 4) is 0 Å². The number of unbranched alkanes of at least 4 members (excludes halogenated alkanes) is 1. The van der Waals surface area contributed by atoms with E-state index < -0.39 is 54.5 Å². The van der Waals surface area contributed by atoms with Gasteiger partial charge in [0.1, 0.15) is 24.7 Å². The molecule has 0 aromatic heterocycles. The number of rotatable bonds is 11. The van der Waals surface area contributed by atoms with Crippen LogP contribution in [0.4, 0.5) is 0 Å². The zero-order valence-corrected chi connectivity index (χ0v) is 16.1. The van der Waals surface area contributed by atoms with E-state index in [1.165, 1.54) is 11.8 Å². The number of nitrogens with zero attached hydrogens (tertiary/aromatic N) is 1. The largest absolute Gasteiger partial charge is 0.480 e. The van der Waals surface area contributed by atoms with Crippen molar-refractivity contribution in [2.45, 2.75) is 63.3 Å². The highest BCUT2D eigenvalue weighted by atomic mass is 16.4. The molecular weight excluding hydrogens is 370 g/mol. The van der Waals surface area contributed by atoms with Crippen LogP contribution in [0.15, 0.2) is 0 Å². The van der Waals surface area contributed by atoms with Crippen LogP contribution in [0, 0.1) is 0 Å². The topological polar surface area (TPSA) is 188 Å². The van der Waals surface area contributed by atoms with Gasteiger partial charge in [-0.2, -0.15) is 0 Å². The third-order valence-electron chi connectivity index (χ3n) is 4.64. The number of aliphatic hydroxyl groups excluding tert-OH is 1. The fraction of sp³-hybridized carbons (Fsp3) is 0.765. The average molecular weight is 401 g/mol. The Morgan fingerprint density at radius 1 is 1.25 bits per heavy atom. The molecule has 28 heavy (non-hydrogen) atoms. The number of aliphatic hydroxyl groups is 1. The van der Waals surface area contributed by atoms with Crippen molar-refractivity contribution in [2.75, 3.05) is 19.6 Å². The van der Waals surface area contributed by atoms with Crippen molar-refractivity contribution >= 4 is 23.7 Å². The van der Waals surface area contributed by atoms with Crippen molar-refractivity contribution in [1.29, 1.82) is 0 Å². The molecule has 0 aliphatic carbocycles. The summed E-state index contributed by atoms with van der Waals surface area (Å²) < 4.78 is 0. The normalized spacial score (nSPS) is 19.6. The van der Waals surface area contributed by atoms with Crippen LogP contribution in [0.25, 0.3) is 0 Å². The second kappa shape index (κ2) is 11.6. The lowest BCUT2D eigenvalue weighted by molar-refractivity contribution is -0.143. The minimum absolute atomic E-state index is 0.314. The number of carboxylic acid groups (broad SMARTS) is 1. The summed E-state index contributed by atoms with van der Waals surface area (Å²) >= 11 is 0. The minimum atomic E-state index is -1.18. The summed E-state index contributed by atoms with van der Waals surface area (Å²) in [5, 5.41) is 23.0. The molecule has 8 N–H and O–H groups in total. The van der Waals surface area contributed by atoms with E-state index in [4.69, 9.17) is 16.6 Å². The molecule has 160 valence electrons. The quantitative estimate of drug-likeness (QED) is 0.205. The molecule has 0 aromatic rings. The van der Waals surface area contributed by atoms with Gasteiger partial charge in [-0.15, -0.1) is 0 Å². The van der Waals surface area contributed by atoms with Gasteiger partial charge in [-0.1, -0.05) is 0 Å². The van der Waals surface area contributed by atoms with E-state index in [-0.39, 0.29) is 0 Å². The average Bonchev–Trinajstić information content (AvgIpc) is 3.13. The Morgan fingerprint density at radius 3 is 2.50 bits per heavy atom. The van der Waals surface area contributed by atoms with E-state index in [1.54, 1.807) is 0 Å². The predicted molar refractivity (Wildman–Crippen MR) is 99.9 cm³/mol. The third-order valence-corrected chi connectivity index (χ3v) is 4.64. The van der Waals surface area contributed by atoms with Crippen LogP contribution in [0.1, 0.15) is 39.0 Å². The van der Waals surface area contributed by atoms with E-state index in [0.717, 1.165) is 0 Å². The van der Waals surface area contributed by atoms with E-state index >= 15 is 0 Å². The van der Waals surface area contributed by atoms with Gasteiger partial charge in [0, 0.05) is 6.54 Å². The predicted octanol–water partition coefficient (Wildman–Crippen LogP) is -2.50. The lowest BCUT2D eigenvalue weighted by atomic mass is 10.1. The molecule has 11 heteroatoms. The first-order valence-corrected chi connectivity index (χ1v) is 9.43. The standard InChI is InChI=1S/C17H31N5O6/c1-10(23)14(19)16(27)21-11(5-2-3-7-18)17(28)22-8-4-6-12(22)15(26)20-9-13(24)25/h10-12,14,23H,2-9,18-19H2,1H3,(H,20,26)(H,21,27)(H,24,25). The first kappa shape index (κ1) is 23.8. The number of carboxylic acids is 1. The number of carbonyl (C=O) groups excluding carboxylic acids is 3. The maximum atomic E-state index is 13.0. The highest BCUT2D eigenvalue weighted by Gasteiger charge is 2.38. The van der Waals surface area contributed by atoms with Gasteiger partial charge in [0.15, 0.2) is 0 Å². The molecule has 0 spiro atoms. The second-order valence-electron chi connectivity index (χ2n) is 6.91. The number of nitrogens with one attached hydrogen (secondary N) is 2. The molecule has 1 saturated heterocycles. The summed E-state index contributed by atoms with van der Waals surface area (Å²) in [6, 6.07) is -2.87. The van der Waals surface area contributed by atoms with Crippen molar-refractivity contribution in [2.24, 2.45) is 11.5 Å². The van der Waals surface area contributed by atoms with Crippen LogP contribution in [0.2, 0.25) is 0 Å². The Bertz CT molecular complexity index is 570. The van der Waals surface area contributed by atoms with E-state index in [0.29, 0.717) is 45.2 Å². The fourth-order valence-electron chi connectivity index (χ4n) is 3.02. The van der Waals surface area contributed by atoms with Gasteiger partial charge in [-0.3, -0.25) is 19.2 Å². The molecule has 11 nitrogen and oxygen atoms in total. The highest BCUT2D eigenvalue weighted by Crippen LogP contribution is 2.20. The summed E-state index contributed by atoms with van der Waals surface area (Å²) in [7, 11) is 0. The summed E-state index contributed by atoms with van der Waals surface area (Å²) in [5.74, 6) is -2.81. The fourth-order valence-corrected chi connectivity index (χ4v) is 3.02. The maximum Gasteiger partial charge on any atom is 0.322 e. The number of amides is 3. The Morgan fingerprint density at radius 2 is 1.93 bits per heavy atom. The van der Waals surface area contributed by atoms with Crippen LogP contribution in [-0.4, -0.2) is 82.7 Å². The maximum absolute atomic E-state index is 13.0. The molecule has 1 aliphatic heterocycles. The third kappa shape index (κ3) is 7.06. The molecule has 1 rings (SSSR count). The molecule has 1 aliphatic rings. The second-order valence-corrected chi connectivity index (χ2v) is 6.91. The van der Waals surface area contributed by atoms with Crippen LogP contribution in [-0.2, 0) is 19.2 Å². The lowest BCUT2D eigenvalue weighted by Gasteiger charge is -2.29. The summed E-state index contributed by atoms with van der Waals surface area (Å²) in [4.78, 5) is 49.5. The van der Waals surface area contributed by atoms with Crippen LogP contribution < -0.4 is 22.1 Å². The molecular formula is C17H31N5O6. The summed E-state index contributed by atoms with van der Waals surface area (Å²) in [5.41, 5.74) is 11.1. The monoisotopic (exact) mass is 401 g/mol. The van der Waals surface area contributed by atoms with E-state index in [2.05, 4.69) is 10.6 Å². The highest BCUT2D eigenvalue weighted by molar-refractivity contribution is 5.94. The number of likely N-dealkylation sites (tertiary alicyclic amines) is 1. The number of hydrogen-bond acceptors (Lipinski definition) is 7. The van der Waals surface area contributed by atoms with E-state index in [9.17, 15) is 24.3 Å². The molecule has 1 heterocycles. The molecule has 4 atom stereocenters. The van der Waals surface area contributed by atoms with Gasteiger partial charge in [0.05, 0.1) is 6.10 Å². The summed E-state index contributed by atoms with van der Waals surface area (Å²) in [6.07, 6.45) is 1.47. The Hall–Kier alpha value is -2.24. The molecule has 3 amide bonds. The summed E-state index contributed by atoms with van der Waals surface area (Å²) in [6.45, 7) is 1.61. The first-order chi connectivity index (χ1) is 13.2. The zero-order chi connectivity index (χ0) is 21.3. The molecule has 1 fully saturated rings. The first-order valence-electron chi connectivity index (χ1n) is 9.43. The smallest absolute Gasteiger partial charge is 0.322 e. The van der Waals surface area contributed by atoms with Crippen molar-refractivity contribution in [3.63, 3.8) is 0 Å².